The zero-order valence-corrected chi connectivity index (χ0v) is 14.2. The molecular formula is C20H23NO3. The van der Waals surface area contributed by atoms with Crippen LogP contribution < -0.4 is 0 Å². The molecule has 0 bridgehead atoms. The molecule has 3 aliphatic rings. The predicted octanol–water partition coefficient (Wildman–Crippen LogP) is 2.93. The van der Waals surface area contributed by atoms with Gasteiger partial charge in [0.25, 0.3) is 5.91 Å². The van der Waals surface area contributed by atoms with Crippen molar-refractivity contribution in [3.05, 3.63) is 47.0 Å². The van der Waals surface area contributed by atoms with Crippen LogP contribution in [-0.4, -0.2) is 30.4 Å². The Labute approximate surface area is 142 Å². The lowest BCUT2D eigenvalue weighted by Gasteiger charge is -2.35. The van der Waals surface area contributed by atoms with Crippen molar-refractivity contribution in [2.75, 3.05) is 13.7 Å². The third-order valence-electron chi connectivity index (χ3n) is 6.02. The van der Waals surface area contributed by atoms with Gasteiger partial charge in [-0.3, -0.25) is 9.59 Å². The zero-order valence-electron chi connectivity index (χ0n) is 14.2. The lowest BCUT2D eigenvalue weighted by molar-refractivity contribution is -0.150. The Morgan fingerprint density at radius 1 is 1.29 bits per heavy atom. The molecule has 1 heterocycles. The van der Waals surface area contributed by atoms with E-state index in [0.717, 1.165) is 30.4 Å². The first-order valence-electron chi connectivity index (χ1n) is 8.69. The molecule has 1 saturated carbocycles. The van der Waals surface area contributed by atoms with E-state index in [4.69, 9.17) is 4.74 Å². The van der Waals surface area contributed by atoms with Gasteiger partial charge in [-0.15, -0.1) is 0 Å². The smallest absolute Gasteiger partial charge is 0.309 e. The predicted molar refractivity (Wildman–Crippen MR) is 89.8 cm³/mol. The van der Waals surface area contributed by atoms with Gasteiger partial charge in [-0.05, 0) is 35.8 Å². The highest BCUT2D eigenvalue weighted by molar-refractivity contribution is 5.99. The molecule has 4 heteroatoms. The van der Waals surface area contributed by atoms with E-state index in [1.54, 1.807) is 0 Å². The lowest BCUT2D eigenvalue weighted by Crippen LogP contribution is -2.38. The molecule has 4 rings (SSSR count). The Bertz CT molecular complexity index is 718. The fourth-order valence-electron chi connectivity index (χ4n) is 4.77. The third-order valence-corrected chi connectivity index (χ3v) is 6.02. The van der Waals surface area contributed by atoms with Crippen LogP contribution in [0, 0.1) is 17.3 Å². The maximum absolute atomic E-state index is 13.0. The molecule has 0 unspecified atom stereocenters. The van der Waals surface area contributed by atoms with E-state index in [1.807, 2.05) is 42.2 Å². The van der Waals surface area contributed by atoms with Gasteiger partial charge in [0.15, 0.2) is 0 Å². The number of rotatable bonds is 3. The summed E-state index contributed by atoms with van der Waals surface area (Å²) in [4.78, 5) is 27.2. The van der Waals surface area contributed by atoms with Crippen LogP contribution in [0.5, 0.6) is 0 Å². The Kier molecular flexibility index (Phi) is 3.52. The number of ether oxygens (including phenoxy) is 1. The van der Waals surface area contributed by atoms with Gasteiger partial charge in [-0.25, -0.2) is 0 Å². The third kappa shape index (κ3) is 2.27. The molecule has 2 aliphatic carbocycles. The topological polar surface area (TPSA) is 46.6 Å². The van der Waals surface area contributed by atoms with E-state index in [-0.39, 0.29) is 29.1 Å². The molecule has 1 amide bonds. The van der Waals surface area contributed by atoms with Crippen LogP contribution in [-0.2, 0) is 20.9 Å². The normalized spacial score (nSPS) is 27.4. The number of amides is 1. The van der Waals surface area contributed by atoms with E-state index in [1.165, 1.54) is 12.7 Å². The number of nitrogens with zero attached hydrogens (tertiary/aromatic N) is 1. The first-order valence-corrected chi connectivity index (χ1v) is 8.69. The second-order valence-electron chi connectivity index (χ2n) is 7.49. The van der Waals surface area contributed by atoms with Crippen LogP contribution in [0.15, 0.2) is 41.5 Å². The van der Waals surface area contributed by atoms with Gasteiger partial charge < -0.3 is 9.64 Å². The highest BCUT2D eigenvalue weighted by atomic mass is 16.5. The van der Waals surface area contributed by atoms with Crippen LogP contribution >= 0.6 is 0 Å². The van der Waals surface area contributed by atoms with Crippen LogP contribution in [0.1, 0.15) is 31.7 Å². The number of hydrogen-bond donors (Lipinski definition) is 0. The van der Waals surface area contributed by atoms with E-state index in [2.05, 4.69) is 0 Å². The van der Waals surface area contributed by atoms with Crippen molar-refractivity contribution in [1.29, 1.82) is 0 Å². The number of benzene rings is 1. The summed E-state index contributed by atoms with van der Waals surface area (Å²) in [7, 11) is 1.45. The summed E-state index contributed by atoms with van der Waals surface area (Å²) < 4.78 is 5.06. The first-order chi connectivity index (χ1) is 11.6. The van der Waals surface area contributed by atoms with Crippen molar-refractivity contribution >= 4 is 11.9 Å². The molecule has 0 aromatic heterocycles. The molecule has 1 spiro atoms. The minimum atomic E-state index is -0.165. The quantitative estimate of drug-likeness (QED) is 0.803. The van der Waals surface area contributed by atoms with Crippen molar-refractivity contribution in [2.24, 2.45) is 17.3 Å². The summed E-state index contributed by atoms with van der Waals surface area (Å²) in [6, 6.07) is 10.1. The minimum Gasteiger partial charge on any atom is -0.469 e. The fraction of sp³-hybridized carbons (Fsp3) is 0.500. The number of carbonyl (C=O) groups excluding carboxylic acids is 2. The van der Waals surface area contributed by atoms with E-state index < -0.39 is 0 Å². The maximum Gasteiger partial charge on any atom is 0.309 e. The Morgan fingerprint density at radius 3 is 2.62 bits per heavy atom. The second-order valence-corrected chi connectivity index (χ2v) is 7.49. The monoisotopic (exact) mass is 325 g/mol. The van der Waals surface area contributed by atoms with E-state index in [0.29, 0.717) is 13.1 Å². The zero-order chi connectivity index (χ0) is 16.9. The summed E-state index contributed by atoms with van der Waals surface area (Å²) in [5.74, 6) is -0.259. The van der Waals surface area contributed by atoms with Gasteiger partial charge in [0.1, 0.15) is 0 Å². The van der Waals surface area contributed by atoms with Gasteiger partial charge in [-0.2, -0.15) is 0 Å². The van der Waals surface area contributed by atoms with Crippen molar-refractivity contribution < 1.29 is 14.3 Å². The van der Waals surface area contributed by atoms with Gasteiger partial charge in [0.2, 0.25) is 0 Å². The van der Waals surface area contributed by atoms with Gasteiger partial charge in [0, 0.05) is 24.6 Å². The van der Waals surface area contributed by atoms with Gasteiger partial charge in [-0.1, -0.05) is 37.3 Å². The van der Waals surface area contributed by atoms with Crippen LogP contribution in [0.4, 0.5) is 0 Å². The number of methoxy groups -OCH3 is 1. The molecule has 1 aromatic rings. The maximum atomic E-state index is 13.0. The standard InChI is InChI=1S/C20H23NO3/c1-13-16-15(10-20(8-9-20)17(13)19(23)24-2)12-21(18(16)22)11-14-6-4-3-5-7-14/h3-7,13,17H,8-12H2,1-2H3/t13-,17+/m1/s1. The Morgan fingerprint density at radius 2 is 2.00 bits per heavy atom. The average molecular weight is 325 g/mol. The number of hydrogen-bond acceptors (Lipinski definition) is 3. The summed E-state index contributed by atoms with van der Waals surface area (Å²) in [5, 5.41) is 0. The molecule has 126 valence electrons. The Hall–Kier alpha value is -2.10. The second kappa shape index (κ2) is 5.47. The molecule has 24 heavy (non-hydrogen) atoms. The number of carbonyl (C=O) groups is 2. The fourth-order valence-corrected chi connectivity index (χ4v) is 4.77. The van der Waals surface area contributed by atoms with Crippen LogP contribution in [0.3, 0.4) is 0 Å². The lowest BCUT2D eigenvalue weighted by atomic mass is 9.68. The molecule has 1 aromatic carbocycles. The minimum absolute atomic E-state index is 0.0445. The molecular weight excluding hydrogens is 302 g/mol. The molecule has 1 aliphatic heterocycles. The molecule has 0 N–H and O–H groups in total. The van der Waals surface area contributed by atoms with Crippen molar-refractivity contribution in [2.45, 2.75) is 32.7 Å². The number of esters is 1. The van der Waals surface area contributed by atoms with Gasteiger partial charge >= 0.3 is 5.97 Å². The SMILES string of the molecule is COC(=O)[C@@H]1[C@H](C)C2=C(CN(Cc3ccccc3)C2=O)CC12CC2. The van der Waals surface area contributed by atoms with Crippen LogP contribution in [0.2, 0.25) is 0 Å². The Balaban J connectivity index is 1.59. The van der Waals surface area contributed by atoms with E-state index in [9.17, 15) is 9.59 Å². The van der Waals surface area contributed by atoms with Crippen LogP contribution in [0.25, 0.3) is 0 Å². The van der Waals surface area contributed by atoms with Crippen molar-refractivity contribution in [1.82, 2.24) is 4.90 Å². The highest BCUT2D eigenvalue weighted by Crippen LogP contribution is 2.63. The molecule has 0 saturated heterocycles. The van der Waals surface area contributed by atoms with Gasteiger partial charge in [0.05, 0.1) is 13.0 Å². The van der Waals surface area contributed by atoms with Crippen molar-refractivity contribution in [3.8, 4) is 0 Å². The summed E-state index contributed by atoms with van der Waals surface area (Å²) in [6.07, 6.45) is 3.02. The molecule has 0 radical (unpaired) electrons. The summed E-state index contributed by atoms with van der Waals surface area (Å²) in [5.41, 5.74) is 3.32. The summed E-state index contributed by atoms with van der Waals surface area (Å²) in [6.45, 7) is 3.37. The summed E-state index contributed by atoms with van der Waals surface area (Å²) >= 11 is 0. The largest absolute Gasteiger partial charge is 0.469 e. The first kappa shape index (κ1) is 15.4. The van der Waals surface area contributed by atoms with Crippen molar-refractivity contribution in [3.63, 3.8) is 0 Å². The van der Waals surface area contributed by atoms with E-state index >= 15 is 0 Å². The average Bonchev–Trinajstić information content (AvgIpc) is 3.26. The molecule has 2 atom stereocenters. The molecule has 4 nitrogen and oxygen atoms in total. The molecule has 1 fully saturated rings. The highest BCUT2D eigenvalue weighted by Gasteiger charge is 2.60.